The second kappa shape index (κ2) is 7.51. The minimum absolute atomic E-state index is 0.453. The molecule has 1 aliphatic rings. The lowest BCUT2D eigenvalue weighted by Gasteiger charge is -2.23. The molecule has 6 nitrogen and oxygen atoms in total. The largest absolute Gasteiger partial charge is 0.418 e. The molecule has 0 spiro atoms. The first-order valence-electron chi connectivity index (χ1n) is 8.39. The van der Waals surface area contributed by atoms with Crippen molar-refractivity contribution in [2.75, 3.05) is 11.9 Å². The molecule has 1 unspecified atom stereocenters. The van der Waals surface area contributed by atoms with Crippen LogP contribution in [-0.4, -0.2) is 29.3 Å². The molecule has 4 amide bonds. The molecule has 2 N–H and O–H groups in total. The molecule has 1 saturated heterocycles. The number of alkyl halides is 3. The van der Waals surface area contributed by atoms with Gasteiger partial charge in [-0.05, 0) is 25.1 Å². The van der Waals surface area contributed by atoms with Crippen LogP contribution in [0.25, 0.3) is 0 Å². The zero-order valence-electron chi connectivity index (χ0n) is 15.0. The number of nitrogens with one attached hydrogen (secondary N) is 2. The first kappa shape index (κ1) is 20.8. The van der Waals surface area contributed by atoms with Crippen LogP contribution in [0.15, 0.2) is 53.0 Å². The average molecular weight is 470 g/mol. The molecule has 10 heteroatoms. The van der Waals surface area contributed by atoms with Gasteiger partial charge in [-0.15, -0.1) is 0 Å². The van der Waals surface area contributed by atoms with Crippen LogP contribution < -0.4 is 10.6 Å². The van der Waals surface area contributed by atoms with Crippen molar-refractivity contribution in [2.24, 2.45) is 0 Å². The quantitative estimate of drug-likeness (QED) is 0.667. The number of anilines is 1. The summed E-state index contributed by atoms with van der Waals surface area (Å²) in [5.41, 5.74) is -2.40. The first-order valence-corrected chi connectivity index (χ1v) is 9.18. The summed E-state index contributed by atoms with van der Waals surface area (Å²) in [7, 11) is 0. The molecule has 0 saturated carbocycles. The average Bonchev–Trinajstić information content (AvgIpc) is 2.85. The molecule has 0 radical (unpaired) electrons. The number of hydrogen-bond donors (Lipinski definition) is 2. The molecule has 0 bridgehead atoms. The van der Waals surface area contributed by atoms with Gasteiger partial charge in [-0.2, -0.15) is 13.2 Å². The SMILES string of the molecule is CC1(c2ccccc2Br)NC(=O)N(CC(=O)Nc2ccccc2C(F)(F)F)C1=O. The van der Waals surface area contributed by atoms with Crippen LogP contribution in [0.1, 0.15) is 18.1 Å². The van der Waals surface area contributed by atoms with Gasteiger partial charge in [0.05, 0.1) is 11.3 Å². The topological polar surface area (TPSA) is 78.5 Å². The summed E-state index contributed by atoms with van der Waals surface area (Å²) in [6, 6.07) is 10.4. The van der Waals surface area contributed by atoms with Crippen molar-refractivity contribution in [2.45, 2.75) is 18.6 Å². The van der Waals surface area contributed by atoms with Gasteiger partial charge in [-0.25, -0.2) is 4.79 Å². The van der Waals surface area contributed by atoms with Crippen molar-refractivity contribution in [3.63, 3.8) is 0 Å². The highest BCUT2D eigenvalue weighted by Gasteiger charge is 2.50. The lowest BCUT2D eigenvalue weighted by atomic mass is 9.92. The van der Waals surface area contributed by atoms with Crippen LogP contribution in [0.5, 0.6) is 0 Å². The highest BCUT2D eigenvalue weighted by molar-refractivity contribution is 9.10. The molecule has 0 aromatic heterocycles. The molecule has 3 rings (SSSR count). The lowest BCUT2D eigenvalue weighted by Crippen LogP contribution is -2.42. The van der Waals surface area contributed by atoms with Gasteiger partial charge in [0.1, 0.15) is 12.1 Å². The number of hydrogen-bond acceptors (Lipinski definition) is 3. The first-order chi connectivity index (χ1) is 13.5. The molecule has 1 heterocycles. The summed E-state index contributed by atoms with van der Waals surface area (Å²) in [5, 5.41) is 4.66. The smallest absolute Gasteiger partial charge is 0.324 e. The Bertz CT molecular complexity index is 996. The van der Waals surface area contributed by atoms with Crippen LogP contribution in [0, 0.1) is 0 Å². The molecule has 29 heavy (non-hydrogen) atoms. The number of imide groups is 1. The van der Waals surface area contributed by atoms with E-state index in [-0.39, 0.29) is 0 Å². The molecule has 1 atom stereocenters. The maximum atomic E-state index is 13.1. The maximum absolute atomic E-state index is 13.1. The van der Waals surface area contributed by atoms with E-state index in [1.165, 1.54) is 19.1 Å². The molecular formula is C19H15BrF3N3O3. The van der Waals surface area contributed by atoms with Gasteiger partial charge in [0.15, 0.2) is 0 Å². The Morgan fingerprint density at radius 2 is 1.76 bits per heavy atom. The summed E-state index contributed by atoms with van der Waals surface area (Å²) in [5.74, 6) is -1.62. The van der Waals surface area contributed by atoms with E-state index >= 15 is 0 Å². The van der Waals surface area contributed by atoms with E-state index in [0.717, 1.165) is 12.1 Å². The van der Waals surface area contributed by atoms with Gasteiger partial charge >= 0.3 is 12.2 Å². The summed E-state index contributed by atoms with van der Waals surface area (Å²) >= 11 is 3.32. The molecule has 2 aromatic rings. The second-order valence-corrected chi connectivity index (χ2v) is 7.37. The third-order valence-electron chi connectivity index (χ3n) is 4.50. The van der Waals surface area contributed by atoms with Crippen LogP contribution in [-0.2, 0) is 21.3 Å². The third-order valence-corrected chi connectivity index (χ3v) is 5.19. The number of carbonyl (C=O) groups is 3. The number of halogens is 4. The predicted molar refractivity (Wildman–Crippen MR) is 102 cm³/mol. The van der Waals surface area contributed by atoms with Crippen molar-refractivity contribution >= 4 is 39.5 Å². The highest BCUT2D eigenvalue weighted by Crippen LogP contribution is 2.35. The van der Waals surface area contributed by atoms with E-state index in [1.54, 1.807) is 24.3 Å². The second-order valence-electron chi connectivity index (χ2n) is 6.52. The van der Waals surface area contributed by atoms with E-state index < -0.39 is 47.4 Å². The Kier molecular flexibility index (Phi) is 5.40. The fourth-order valence-corrected chi connectivity index (χ4v) is 3.74. The normalized spacial score (nSPS) is 19.3. The Balaban J connectivity index is 1.80. The van der Waals surface area contributed by atoms with Crippen molar-refractivity contribution in [1.82, 2.24) is 10.2 Å². The lowest BCUT2D eigenvalue weighted by molar-refractivity contribution is -0.137. The number of carbonyl (C=O) groups excluding carboxylic acids is 3. The van der Waals surface area contributed by atoms with Gasteiger partial charge in [0, 0.05) is 10.0 Å². The molecular weight excluding hydrogens is 455 g/mol. The predicted octanol–water partition coefficient (Wildman–Crippen LogP) is 3.87. The number of para-hydroxylation sites is 1. The minimum Gasteiger partial charge on any atom is -0.324 e. The Hall–Kier alpha value is -2.88. The van der Waals surface area contributed by atoms with E-state index in [4.69, 9.17) is 0 Å². The molecule has 2 aromatic carbocycles. The summed E-state index contributed by atoms with van der Waals surface area (Å²) in [4.78, 5) is 38.1. The summed E-state index contributed by atoms with van der Waals surface area (Å²) in [6.45, 7) is 0.765. The number of nitrogens with zero attached hydrogens (tertiary/aromatic N) is 1. The van der Waals surface area contributed by atoms with E-state index in [9.17, 15) is 27.6 Å². The van der Waals surface area contributed by atoms with Gasteiger partial charge < -0.3 is 10.6 Å². The molecule has 152 valence electrons. The van der Waals surface area contributed by atoms with Crippen molar-refractivity contribution in [3.8, 4) is 0 Å². The Labute approximate surface area is 172 Å². The fraction of sp³-hybridized carbons (Fsp3) is 0.211. The monoisotopic (exact) mass is 469 g/mol. The van der Waals surface area contributed by atoms with Gasteiger partial charge in [0.25, 0.3) is 5.91 Å². The molecule has 1 aliphatic heterocycles. The standard InChI is InChI=1S/C19H15BrF3N3O3/c1-18(11-6-2-4-8-13(11)20)16(28)26(17(29)25-18)10-15(27)24-14-9-5-3-7-12(14)19(21,22)23/h2-9H,10H2,1H3,(H,24,27)(H,25,29). The third kappa shape index (κ3) is 3.98. The van der Waals surface area contributed by atoms with Crippen LogP contribution >= 0.6 is 15.9 Å². The van der Waals surface area contributed by atoms with Gasteiger partial charge in [0.2, 0.25) is 5.91 Å². The zero-order chi connectivity index (χ0) is 21.4. The molecule has 0 aliphatic carbocycles. The number of amides is 4. The number of benzene rings is 2. The van der Waals surface area contributed by atoms with E-state index in [0.29, 0.717) is 14.9 Å². The number of urea groups is 1. The maximum Gasteiger partial charge on any atom is 0.418 e. The van der Waals surface area contributed by atoms with E-state index in [2.05, 4.69) is 26.6 Å². The van der Waals surface area contributed by atoms with Gasteiger partial charge in [-0.3, -0.25) is 14.5 Å². The van der Waals surface area contributed by atoms with E-state index in [1.807, 2.05) is 0 Å². The van der Waals surface area contributed by atoms with Crippen LogP contribution in [0.2, 0.25) is 0 Å². The summed E-state index contributed by atoms with van der Waals surface area (Å²) < 4.78 is 39.8. The summed E-state index contributed by atoms with van der Waals surface area (Å²) in [6.07, 6.45) is -4.66. The van der Waals surface area contributed by atoms with Crippen LogP contribution in [0.3, 0.4) is 0 Å². The van der Waals surface area contributed by atoms with Crippen LogP contribution in [0.4, 0.5) is 23.7 Å². The zero-order valence-corrected chi connectivity index (χ0v) is 16.6. The van der Waals surface area contributed by atoms with Crippen molar-refractivity contribution < 1.29 is 27.6 Å². The highest BCUT2D eigenvalue weighted by atomic mass is 79.9. The van der Waals surface area contributed by atoms with Crippen molar-refractivity contribution in [1.29, 1.82) is 0 Å². The number of rotatable bonds is 4. The molecule has 1 fully saturated rings. The van der Waals surface area contributed by atoms with Gasteiger partial charge in [-0.1, -0.05) is 46.3 Å². The van der Waals surface area contributed by atoms with Crippen molar-refractivity contribution in [3.05, 3.63) is 64.1 Å². The minimum atomic E-state index is -4.66. The Morgan fingerprint density at radius 3 is 2.41 bits per heavy atom. The Morgan fingerprint density at radius 1 is 1.14 bits per heavy atom. The fourth-order valence-electron chi connectivity index (χ4n) is 3.06.